The van der Waals surface area contributed by atoms with Crippen LogP contribution in [0, 0.1) is 23.1 Å². The zero-order valence-corrected chi connectivity index (χ0v) is 33.5. The second-order valence-corrected chi connectivity index (χ2v) is 16.5. The second kappa shape index (κ2) is 16.5. The van der Waals surface area contributed by atoms with Crippen LogP contribution in [-0.2, 0) is 9.59 Å². The molecule has 2 N–H and O–H groups in total. The fourth-order valence-electron chi connectivity index (χ4n) is 9.64. The molecule has 4 aliphatic heterocycles. The Kier molecular flexibility index (Phi) is 10.8. The summed E-state index contributed by atoms with van der Waals surface area (Å²) in [6, 6.07) is 10.2. The number of primary amides is 1. The van der Waals surface area contributed by atoms with Crippen molar-refractivity contribution < 1.29 is 33.1 Å². The molecule has 5 aliphatic rings. The van der Waals surface area contributed by atoms with Gasteiger partial charge in [-0.15, -0.1) is 0 Å². The van der Waals surface area contributed by atoms with Crippen LogP contribution in [0.1, 0.15) is 88.1 Å². The van der Waals surface area contributed by atoms with Gasteiger partial charge >= 0.3 is 0 Å². The molecule has 9 rings (SSSR count). The summed E-state index contributed by atoms with van der Waals surface area (Å²) in [7, 11) is 0. The average Bonchev–Trinajstić information content (AvgIpc) is 3.51. The van der Waals surface area contributed by atoms with Crippen LogP contribution in [0.15, 0.2) is 55.0 Å². The predicted molar refractivity (Wildman–Crippen MR) is 219 cm³/mol. The normalized spacial score (nSPS) is 22.8. The van der Waals surface area contributed by atoms with Gasteiger partial charge in [-0.3, -0.25) is 43.7 Å². The van der Waals surface area contributed by atoms with Gasteiger partial charge in [-0.25, -0.2) is 14.4 Å². The molecule has 3 saturated heterocycles. The van der Waals surface area contributed by atoms with Gasteiger partial charge in [0.2, 0.25) is 5.91 Å². The van der Waals surface area contributed by atoms with Gasteiger partial charge in [0.15, 0.2) is 0 Å². The number of likely N-dealkylation sites (tertiary alicyclic amines) is 1. The maximum atomic E-state index is 15.8. The zero-order valence-electron chi connectivity index (χ0n) is 33.5. The maximum Gasteiger partial charge on any atom is 0.268 e. The molecule has 1 unspecified atom stereocenters. The van der Waals surface area contributed by atoms with Crippen LogP contribution in [0.4, 0.5) is 15.9 Å². The van der Waals surface area contributed by atoms with E-state index in [9.17, 15) is 29.2 Å². The standard InChI is InChI=1S/C44H45FN10O6/c45-33-20-31-32(21-36(33)52-18-16-51(17-19-52)25-26-11-14-53(15-12-26)38-24-49-34(23-50-38)41(47)57)43(59)55(42(31)58)35-8-10-39(56)54(44(35)60)28-4-6-29(7-5-28)61-37-9-3-27(22-46)40-30(37)2-1-13-48-40/h1-3,9,13,20-21,23-24,26,28-29,35H,4-8,10-12,14-19,25H2,(H2,47,57). The van der Waals surface area contributed by atoms with E-state index in [-0.39, 0.29) is 47.4 Å². The molecule has 2 aromatic heterocycles. The third-order valence-electron chi connectivity index (χ3n) is 12.9. The van der Waals surface area contributed by atoms with Crippen molar-refractivity contribution in [2.45, 2.75) is 69.6 Å². The van der Waals surface area contributed by atoms with Crippen molar-refractivity contribution in [3.63, 3.8) is 0 Å². The molecule has 4 fully saturated rings. The van der Waals surface area contributed by atoms with E-state index in [1.54, 1.807) is 30.6 Å². The van der Waals surface area contributed by atoms with Crippen molar-refractivity contribution in [2.75, 3.05) is 55.6 Å². The third-order valence-corrected chi connectivity index (χ3v) is 12.9. The quantitative estimate of drug-likeness (QED) is 0.240. The Morgan fingerprint density at radius 2 is 1.57 bits per heavy atom. The van der Waals surface area contributed by atoms with E-state index in [2.05, 4.69) is 30.8 Å². The molecule has 314 valence electrons. The first-order chi connectivity index (χ1) is 29.6. The minimum Gasteiger partial charge on any atom is -0.490 e. The number of amides is 5. The molecule has 6 heterocycles. The molecule has 0 radical (unpaired) electrons. The number of halogens is 1. The van der Waals surface area contributed by atoms with Crippen LogP contribution in [0.2, 0.25) is 0 Å². The van der Waals surface area contributed by atoms with Gasteiger partial charge in [-0.05, 0) is 87.3 Å². The van der Waals surface area contributed by atoms with Crippen LogP contribution in [0.3, 0.4) is 0 Å². The van der Waals surface area contributed by atoms with Gasteiger partial charge in [0.1, 0.15) is 35.2 Å². The smallest absolute Gasteiger partial charge is 0.268 e. The largest absolute Gasteiger partial charge is 0.490 e. The topological polar surface area (TPSA) is 199 Å². The number of nitriles is 1. The van der Waals surface area contributed by atoms with Crippen LogP contribution in [0.5, 0.6) is 5.75 Å². The summed E-state index contributed by atoms with van der Waals surface area (Å²) in [6.07, 6.45) is 8.43. The molecule has 4 aromatic rings. The number of imide groups is 2. The second-order valence-electron chi connectivity index (χ2n) is 16.5. The Bertz CT molecular complexity index is 2450. The monoisotopic (exact) mass is 828 g/mol. The fraction of sp³-hybridized carbons (Fsp3) is 0.432. The summed E-state index contributed by atoms with van der Waals surface area (Å²) >= 11 is 0. The van der Waals surface area contributed by atoms with Crippen LogP contribution >= 0.6 is 0 Å². The summed E-state index contributed by atoms with van der Waals surface area (Å²) in [5, 5.41) is 10.2. The lowest BCUT2D eigenvalue weighted by Gasteiger charge is -2.41. The molecule has 17 heteroatoms. The van der Waals surface area contributed by atoms with Crippen LogP contribution < -0.4 is 20.3 Å². The lowest BCUT2D eigenvalue weighted by molar-refractivity contribution is -0.155. The number of piperazine rings is 1. The van der Waals surface area contributed by atoms with E-state index in [1.165, 1.54) is 17.2 Å². The van der Waals surface area contributed by atoms with Crippen LogP contribution in [0.25, 0.3) is 10.9 Å². The Balaban J connectivity index is 0.797. The van der Waals surface area contributed by atoms with Crippen LogP contribution in [-0.4, -0.2) is 123 Å². The van der Waals surface area contributed by atoms with Gasteiger partial charge in [0, 0.05) is 69.9 Å². The summed E-state index contributed by atoms with van der Waals surface area (Å²) in [5.74, 6) is -1.74. The number of pyridine rings is 1. The minimum atomic E-state index is -1.17. The number of ether oxygens (including phenoxy) is 1. The highest BCUT2D eigenvalue weighted by atomic mass is 19.1. The van der Waals surface area contributed by atoms with Gasteiger partial charge in [0.05, 0.1) is 46.4 Å². The lowest BCUT2D eigenvalue weighted by Crippen LogP contribution is -2.59. The third kappa shape index (κ3) is 7.60. The number of fused-ring (bicyclic) bond motifs is 2. The molecule has 1 atom stereocenters. The number of carbonyl (C=O) groups excluding carboxylic acids is 5. The molecule has 2 aromatic carbocycles. The summed E-state index contributed by atoms with van der Waals surface area (Å²) in [4.78, 5) is 87.9. The van der Waals surface area contributed by atoms with Gasteiger partial charge < -0.3 is 20.3 Å². The number of nitrogens with two attached hydrogens (primary N) is 1. The van der Waals surface area contributed by atoms with Crippen molar-refractivity contribution in [2.24, 2.45) is 11.7 Å². The van der Waals surface area contributed by atoms with Gasteiger partial charge in [-0.2, -0.15) is 5.26 Å². The highest BCUT2D eigenvalue weighted by molar-refractivity contribution is 6.23. The van der Waals surface area contributed by atoms with E-state index in [1.807, 2.05) is 11.0 Å². The van der Waals surface area contributed by atoms with E-state index >= 15 is 4.39 Å². The number of hydrogen-bond donors (Lipinski definition) is 1. The van der Waals surface area contributed by atoms with E-state index in [4.69, 9.17) is 10.5 Å². The highest BCUT2D eigenvalue weighted by Gasteiger charge is 2.49. The van der Waals surface area contributed by atoms with Gasteiger partial charge in [0.25, 0.3) is 23.6 Å². The SMILES string of the molecule is N#Cc1ccc(OC2CCC(N3C(=O)CCC(N4C(=O)c5cc(F)c(N6CCN(CC7CCN(c8cnc(C(N)=O)cn8)CC7)CC6)cc5C4=O)C3=O)CC2)c2cccnc12. The summed E-state index contributed by atoms with van der Waals surface area (Å²) in [6.45, 7) is 5.01. The van der Waals surface area contributed by atoms with Crippen molar-refractivity contribution in [3.05, 3.63) is 83.2 Å². The lowest BCUT2D eigenvalue weighted by atomic mass is 9.89. The Morgan fingerprint density at radius 3 is 2.26 bits per heavy atom. The van der Waals surface area contributed by atoms with E-state index in [0.29, 0.717) is 80.4 Å². The molecule has 1 saturated carbocycles. The highest BCUT2D eigenvalue weighted by Crippen LogP contribution is 2.37. The van der Waals surface area contributed by atoms with Gasteiger partial charge in [-0.1, -0.05) is 0 Å². The molecule has 1 aliphatic carbocycles. The van der Waals surface area contributed by atoms with E-state index < -0.39 is 41.5 Å². The predicted octanol–water partition coefficient (Wildman–Crippen LogP) is 3.68. The van der Waals surface area contributed by atoms with E-state index in [0.717, 1.165) is 48.8 Å². The number of rotatable bonds is 9. The number of hydrogen-bond acceptors (Lipinski definition) is 13. The molecule has 16 nitrogen and oxygen atoms in total. The molecule has 0 bridgehead atoms. The molecular formula is C44H45FN10O6. The van der Waals surface area contributed by atoms with Crippen molar-refractivity contribution in [1.82, 2.24) is 29.7 Å². The Labute approximate surface area is 351 Å². The average molecular weight is 829 g/mol. The fourth-order valence-corrected chi connectivity index (χ4v) is 9.64. The Hall–Kier alpha value is -6.54. The van der Waals surface area contributed by atoms with Crippen molar-refractivity contribution in [1.29, 1.82) is 5.26 Å². The number of anilines is 2. The molecular weight excluding hydrogens is 784 g/mol. The minimum absolute atomic E-state index is 0.00560. The number of carbonyl (C=O) groups is 5. The number of nitrogens with zero attached hydrogens (tertiary/aromatic N) is 9. The summed E-state index contributed by atoms with van der Waals surface area (Å²) < 4.78 is 22.2. The number of benzene rings is 2. The van der Waals surface area contributed by atoms with Crippen molar-refractivity contribution >= 4 is 51.9 Å². The number of piperidine rings is 2. The first kappa shape index (κ1) is 39.9. The summed E-state index contributed by atoms with van der Waals surface area (Å²) in [5.41, 5.74) is 6.65. The number of aromatic nitrogens is 3. The molecule has 0 spiro atoms. The molecule has 5 amide bonds. The maximum absolute atomic E-state index is 15.8. The van der Waals surface area contributed by atoms with Crippen molar-refractivity contribution in [3.8, 4) is 11.8 Å². The first-order valence-corrected chi connectivity index (χ1v) is 20.9. The zero-order chi connectivity index (χ0) is 42.4. The first-order valence-electron chi connectivity index (χ1n) is 20.9. The Morgan fingerprint density at radius 1 is 0.836 bits per heavy atom. The molecule has 61 heavy (non-hydrogen) atoms.